The molecule has 0 radical (unpaired) electrons. The van der Waals surface area contributed by atoms with Crippen molar-refractivity contribution in [3.8, 4) is 0 Å². The number of aromatic nitrogens is 2. The summed E-state index contributed by atoms with van der Waals surface area (Å²) in [5.41, 5.74) is 0.525. The highest BCUT2D eigenvalue weighted by molar-refractivity contribution is 5.92. The van der Waals surface area contributed by atoms with E-state index in [1.165, 1.54) is 6.20 Å². The van der Waals surface area contributed by atoms with E-state index in [2.05, 4.69) is 15.6 Å². The zero-order valence-corrected chi connectivity index (χ0v) is 9.06. The summed E-state index contributed by atoms with van der Waals surface area (Å²) in [6.45, 7) is 0.502. The minimum atomic E-state index is -0.152. The van der Waals surface area contributed by atoms with Crippen LogP contribution in [0.25, 0.3) is 0 Å². The van der Waals surface area contributed by atoms with Crippen LogP contribution in [0.4, 0.5) is 0 Å². The van der Waals surface area contributed by atoms with Crippen LogP contribution in [0, 0.1) is 0 Å². The Morgan fingerprint density at radius 1 is 1.69 bits per heavy atom. The molecule has 0 aliphatic carbocycles. The predicted molar refractivity (Wildman–Crippen MR) is 56.7 cm³/mol. The second-order valence-electron chi connectivity index (χ2n) is 3.90. The van der Waals surface area contributed by atoms with Gasteiger partial charge in [-0.3, -0.25) is 9.59 Å². The number of carbonyl (C=O) groups is 2. The predicted octanol–water partition coefficient (Wildman–Crippen LogP) is -0.571. The lowest BCUT2D eigenvalue weighted by molar-refractivity contribution is -0.122. The van der Waals surface area contributed by atoms with Crippen molar-refractivity contribution in [1.82, 2.24) is 20.2 Å². The van der Waals surface area contributed by atoms with Crippen LogP contribution in [-0.2, 0) is 11.8 Å². The molecule has 2 heterocycles. The van der Waals surface area contributed by atoms with Crippen molar-refractivity contribution in [2.24, 2.45) is 7.05 Å². The Bertz CT molecular complexity index is 403. The molecule has 1 aliphatic heterocycles. The minimum Gasteiger partial charge on any atom is -0.354 e. The van der Waals surface area contributed by atoms with E-state index in [4.69, 9.17) is 0 Å². The Morgan fingerprint density at radius 3 is 3.06 bits per heavy atom. The molecule has 1 saturated heterocycles. The lowest BCUT2D eigenvalue weighted by Crippen LogP contribution is -2.48. The number of carbonyl (C=O) groups excluding carboxylic acids is 2. The largest absolute Gasteiger partial charge is 0.354 e. The first-order valence-corrected chi connectivity index (χ1v) is 5.20. The standard InChI is InChI=1S/C10H14N4O2/c1-14-6-11-5-8(14)10(16)13-7-2-3-9(15)12-4-7/h5-7H,2-4H2,1H3,(H,12,15)(H,13,16). The zero-order valence-electron chi connectivity index (χ0n) is 9.06. The molecule has 1 atom stereocenters. The molecule has 6 heteroatoms. The highest BCUT2D eigenvalue weighted by Gasteiger charge is 2.20. The first kappa shape index (κ1) is 10.7. The molecule has 2 amide bonds. The van der Waals surface area contributed by atoms with Gasteiger partial charge in [-0.15, -0.1) is 0 Å². The number of nitrogens with one attached hydrogen (secondary N) is 2. The summed E-state index contributed by atoms with van der Waals surface area (Å²) in [5, 5.41) is 5.59. The van der Waals surface area contributed by atoms with Gasteiger partial charge in [-0.05, 0) is 6.42 Å². The van der Waals surface area contributed by atoms with Gasteiger partial charge in [-0.25, -0.2) is 4.98 Å². The number of imidazole rings is 1. The van der Waals surface area contributed by atoms with Crippen molar-refractivity contribution in [3.63, 3.8) is 0 Å². The van der Waals surface area contributed by atoms with Crippen LogP contribution in [0.2, 0.25) is 0 Å². The number of amides is 2. The first-order chi connectivity index (χ1) is 7.66. The zero-order chi connectivity index (χ0) is 11.5. The van der Waals surface area contributed by atoms with Crippen molar-refractivity contribution in [2.75, 3.05) is 6.54 Å². The summed E-state index contributed by atoms with van der Waals surface area (Å²) < 4.78 is 1.66. The Labute approximate surface area is 93.0 Å². The van der Waals surface area contributed by atoms with E-state index in [1.54, 1.807) is 17.9 Å². The van der Waals surface area contributed by atoms with Gasteiger partial charge in [-0.1, -0.05) is 0 Å². The summed E-state index contributed by atoms with van der Waals surface area (Å²) in [4.78, 5) is 26.6. The van der Waals surface area contributed by atoms with E-state index in [0.29, 0.717) is 25.1 Å². The molecule has 0 spiro atoms. The van der Waals surface area contributed by atoms with E-state index in [-0.39, 0.29) is 17.9 Å². The van der Waals surface area contributed by atoms with Crippen LogP contribution < -0.4 is 10.6 Å². The maximum atomic E-state index is 11.8. The molecule has 0 saturated carbocycles. The summed E-state index contributed by atoms with van der Waals surface area (Å²) >= 11 is 0. The number of piperidine rings is 1. The third kappa shape index (κ3) is 2.21. The van der Waals surface area contributed by atoms with E-state index in [0.717, 1.165) is 0 Å². The fourth-order valence-corrected chi connectivity index (χ4v) is 1.69. The monoisotopic (exact) mass is 222 g/mol. The molecule has 1 aliphatic rings. The maximum Gasteiger partial charge on any atom is 0.269 e. The summed E-state index contributed by atoms with van der Waals surface area (Å²) in [6.07, 6.45) is 4.26. The van der Waals surface area contributed by atoms with Crippen molar-refractivity contribution < 1.29 is 9.59 Å². The molecule has 1 unspecified atom stereocenters. The third-order valence-electron chi connectivity index (χ3n) is 2.65. The number of aryl methyl sites for hydroxylation is 1. The lowest BCUT2D eigenvalue weighted by Gasteiger charge is -2.23. The van der Waals surface area contributed by atoms with Crippen molar-refractivity contribution >= 4 is 11.8 Å². The highest BCUT2D eigenvalue weighted by Crippen LogP contribution is 2.04. The first-order valence-electron chi connectivity index (χ1n) is 5.20. The van der Waals surface area contributed by atoms with E-state index in [1.807, 2.05) is 0 Å². The Kier molecular flexibility index (Phi) is 2.89. The van der Waals surface area contributed by atoms with Crippen molar-refractivity contribution in [1.29, 1.82) is 0 Å². The van der Waals surface area contributed by atoms with Crippen LogP contribution in [0.15, 0.2) is 12.5 Å². The van der Waals surface area contributed by atoms with Gasteiger partial charge >= 0.3 is 0 Å². The number of nitrogens with zero attached hydrogens (tertiary/aromatic N) is 2. The average molecular weight is 222 g/mol. The van der Waals surface area contributed by atoms with Gasteiger partial charge in [0.2, 0.25) is 5.91 Å². The highest BCUT2D eigenvalue weighted by atomic mass is 16.2. The molecule has 86 valence electrons. The Balaban J connectivity index is 1.93. The SMILES string of the molecule is Cn1cncc1C(=O)NC1CCC(=O)NC1. The molecular formula is C10H14N4O2. The summed E-state index contributed by atoms with van der Waals surface area (Å²) in [5.74, 6) is -0.104. The molecule has 0 aromatic carbocycles. The number of hydrogen-bond acceptors (Lipinski definition) is 3. The van der Waals surface area contributed by atoms with E-state index >= 15 is 0 Å². The number of hydrogen-bond donors (Lipinski definition) is 2. The molecule has 6 nitrogen and oxygen atoms in total. The van der Waals surface area contributed by atoms with Gasteiger partial charge in [-0.2, -0.15) is 0 Å². The minimum absolute atomic E-state index is 0.0140. The topological polar surface area (TPSA) is 76.0 Å². The molecule has 16 heavy (non-hydrogen) atoms. The van der Waals surface area contributed by atoms with Crippen LogP contribution in [0.3, 0.4) is 0 Å². The molecule has 2 N–H and O–H groups in total. The smallest absolute Gasteiger partial charge is 0.269 e. The quantitative estimate of drug-likeness (QED) is 0.703. The third-order valence-corrected chi connectivity index (χ3v) is 2.65. The normalized spacial score (nSPS) is 20.3. The molecule has 2 rings (SSSR count). The van der Waals surface area contributed by atoms with Gasteiger partial charge in [0.1, 0.15) is 5.69 Å². The maximum absolute atomic E-state index is 11.8. The van der Waals surface area contributed by atoms with Gasteiger partial charge in [0, 0.05) is 26.1 Å². The fraction of sp³-hybridized carbons (Fsp3) is 0.500. The average Bonchev–Trinajstić information content (AvgIpc) is 2.68. The van der Waals surface area contributed by atoms with Crippen LogP contribution in [0.5, 0.6) is 0 Å². The lowest BCUT2D eigenvalue weighted by atomic mass is 10.1. The number of rotatable bonds is 2. The Hall–Kier alpha value is -1.85. The van der Waals surface area contributed by atoms with Gasteiger partial charge in [0.25, 0.3) is 5.91 Å². The van der Waals surface area contributed by atoms with E-state index < -0.39 is 0 Å². The fourth-order valence-electron chi connectivity index (χ4n) is 1.69. The molecule has 1 aromatic heterocycles. The van der Waals surface area contributed by atoms with Gasteiger partial charge < -0.3 is 15.2 Å². The molecule has 1 aromatic rings. The van der Waals surface area contributed by atoms with Crippen molar-refractivity contribution in [2.45, 2.75) is 18.9 Å². The molecule has 0 bridgehead atoms. The Morgan fingerprint density at radius 2 is 2.50 bits per heavy atom. The van der Waals surface area contributed by atoms with E-state index in [9.17, 15) is 9.59 Å². The summed E-state index contributed by atoms with van der Waals surface area (Å²) in [7, 11) is 1.77. The van der Waals surface area contributed by atoms with Gasteiger partial charge in [0.15, 0.2) is 0 Å². The van der Waals surface area contributed by atoms with Crippen LogP contribution >= 0.6 is 0 Å². The summed E-state index contributed by atoms with van der Waals surface area (Å²) in [6, 6.07) is 0.0140. The van der Waals surface area contributed by atoms with Crippen LogP contribution in [0.1, 0.15) is 23.3 Å². The van der Waals surface area contributed by atoms with Crippen LogP contribution in [-0.4, -0.2) is 34.0 Å². The second-order valence-corrected chi connectivity index (χ2v) is 3.90. The van der Waals surface area contributed by atoms with Crippen molar-refractivity contribution in [3.05, 3.63) is 18.2 Å². The second kappa shape index (κ2) is 4.34. The molecular weight excluding hydrogens is 208 g/mol. The molecule has 1 fully saturated rings. The van der Waals surface area contributed by atoms with Gasteiger partial charge in [0.05, 0.1) is 12.5 Å².